The van der Waals surface area contributed by atoms with Crippen molar-refractivity contribution >= 4 is 11.9 Å². The molecule has 0 aliphatic carbocycles. The van der Waals surface area contributed by atoms with Crippen molar-refractivity contribution in [3.63, 3.8) is 0 Å². The van der Waals surface area contributed by atoms with Crippen molar-refractivity contribution in [1.82, 2.24) is 4.90 Å². The summed E-state index contributed by atoms with van der Waals surface area (Å²) in [5, 5.41) is 8.55. The molecule has 0 aliphatic heterocycles. The van der Waals surface area contributed by atoms with E-state index >= 15 is 0 Å². The standard InChI is InChI=1S/C10H16N2O3/c1-2-7-12(8-10(14)15)9(13)5-3-4-6-11/h1H,3-8,11H2,(H,14,15). The number of nitrogens with two attached hydrogens (primary N) is 1. The molecule has 0 spiro atoms. The Kier molecular flexibility index (Phi) is 7.02. The maximum atomic E-state index is 11.5. The quantitative estimate of drug-likeness (QED) is 0.447. The first-order valence-electron chi connectivity index (χ1n) is 4.75. The molecule has 0 heterocycles. The molecule has 0 atom stereocenters. The molecular weight excluding hydrogens is 196 g/mol. The molecule has 5 heteroatoms. The fraction of sp³-hybridized carbons (Fsp3) is 0.600. The van der Waals surface area contributed by atoms with Crippen LogP contribution in [0.15, 0.2) is 0 Å². The second-order valence-electron chi connectivity index (χ2n) is 3.09. The van der Waals surface area contributed by atoms with Gasteiger partial charge in [-0.3, -0.25) is 9.59 Å². The van der Waals surface area contributed by atoms with Crippen LogP contribution in [-0.2, 0) is 9.59 Å². The van der Waals surface area contributed by atoms with Crippen LogP contribution < -0.4 is 5.73 Å². The van der Waals surface area contributed by atoms with Crippen molar-refractivity contribution < 1.29 is 14.7 Å². The summed E-state index contributed by atoms with van der Waals surface area (Å²) in [7, 11) is 0. The minimum atomic E-state index is -1.06. The first-order valence-corrected chi connectivity index (χ1v) is 4.75. The van der Waals surface area contributed by atoms with E-state index in [-0.39, 0.29) is 19.0 Å². The first kappa shape index (κ1) is 13.5. The molecule has 84 valence electrons. The second-order valence-corrected chi connectivity index (χ2v) is 3.09. The highest BCUT2D eigenvalue weighted by Gasteiger charge is 2.14. The van der Waals surface area contributed by atoms with Gasteiger partial charge in [-0.25, -0.2) is 0 Å². The third-order valence-electron chi connectivity index (χ3n) is 1.81. The van der Waals surface area contributed by atoms with E-state index in [0.717, 1.165) is 11.3 Å². The van der Waals surface area contributed by atoms with E-state index in [2.05, 4.69) is 5.92 Å². The van der Waals surface area contributed by atoms with Crippen LogP contribution in [0.2, 0.25) is 0 Å². The SMILES string of the molecule is C#CCN(CC(=O)O)C(=O)CCCCN. The summed E-state index contributed by atoms with van der Waals surface area (Å²) in [6, 6.07) is 0. The van der Waals surface area contributed by atoms with E-state index in [1.807, 2.05) is 0 Å². The van der Waals surface area contributed by atoms with Gasteiger partial charge in [0.2, 0.25) is 5.91 Å². The van der Waals surface area contributed by atoms with E-state index in [0.29, 0.717) is 19.4 Å². The Labute approximate surface area is 89.2 Å². The van der Waals surface area contributed by atoms with Crippen LogP contribution in [0.1, 0.15) is 19.3 Å². The summed E-state index contributed by atoms with van der Waals surface area (Å²) in [6.45, 7) is 0.223. The maximum Gasteiger partial charge on any atom is 0.323 e. The summed E-state index contributed by atoms with van der Waals surface area (Å²) in [4.78, 5) is 23.1. The Morgan fingerprint density at radius 2 is 2.07 bits per heavy atom. The Bertz CT molecular complexity index is 258. The number of nitrogens with zero attached hydrogens (tertiary/aromatic N) is 1. The monoisotopic (exact) mass is 212 g/mol. The number of hydrogen-bond donors (Lipinski definition) is 2. The first-order chi connectivity index (χ1) is 7.11. The van der Waals surface area contributed by atoms with Gasteiger partial charge < -0.3 is 15.7 Å². The minimum absolute atomic E-state index is 0.0355. The van der Waals surface area contributed by atoms with Gasteiger partial charge in [0.05, 0.1) is 6.54 Å². The molecule has 0 saturated carbocycles. The Morgan fingerprint density at radius 1 is 1.40 bits per heavy atom. The lowest BCUT2D eigenvalue weighted by Gasteiger charge is -2.17. The third-order valence-corrected chi connectivity index (χ3v) is 1.81. The molecule has 0 unspecified atom stereocenters. The molecule has 1 amide bonds. The fourth-order valence-electron chi connectivity index (χ4n) is 1.08. The number of carbonyl (C=O) groups is 2. The molecule has 0 saturated heterocycles. The van der Waals surface area contributed by atoms with E-state index in [1.165, 1.54) is 0 Å². The van der Waals surface area contributed by atoms with Gasteiger partial charge in [-0.15, -0.1) is 6.42 Å². The molecule has 0 fully saturated rings. The Balaban J connectivity index is 4.05. The zero-order chi connectivity index (χ0) is 11.7. The highest BCUT2D eigenvalue weighted by Crippen LogP contribution is 2.00. The van der Waals surface area contributed by atoms with Crippen LogP contribution >= 0.6 is 0 Å². The van der Waals surface area contributed by atoms with E-state index in [1.54, 1.807) is 0 Å². The molecule has 0 aliphatic rings. The molecule has 15 heavy (non-hydrogen) atoms. The van der Waals surface area contributed by atoms with Gasteiger partial charge in [0.1, 0.15) is 6.54 Å². The number of carbonyl (C=O) groups excluding carboxylic acids is 1. The van der Waals surface area contributed by atoms with Gasteiger partial charge in [-0.05, 0) is 19.4 Å². The number of unbranched alkanes of at least 4 members (excludes halogenated alkanes) is 1. The Hall–Kier alpha value is -1.54. The lowest BCUT2D eigenvalue weighted by molar-refractivity contribution is -0.144. The van der Waals surface area contributed by atoms with Gasteiger partial charge in [-0.1, -0.05) is 5.92 Å². The molecular formula is C10H16N2O3. The number of terminal acetylenes is 1. The van der Waals surface area contributed by atoms with E-state index in [9.17, 15) is 9.59 Å². The zero-order valence-corrected chi connectivity index (χ0v) is 8.61. The van der Waals surface area contributed by atoms with E-state index < -0.39 is 5.97 Å². The Morgan fingerprint density at radius 3 is 2.53 bits per heavy atom. The molecule has 0 rings (SSSR count). The highest BCUT2D eigenvalue weighted by molar-refractivity contribution is 5.81. The van der Waals surface area contributed by atoms with Crippen LogP contribution in [0.3, 0.4) is 0 Å². The second kappa shape index (κ2) is 7.83. The average molecular weight is 212 g/mol. The predicted octanol–water partition coefficient (Wildman–Crippen LogP) is -0.338. The van der Waals surface area contributed by atoms with Gasteiger partial charge >= 0.3 is 5.97 Å². The van der Waals surface area contributed by atoms with Crippen molar-refractivity contribution in [1.29, 1.82) is 0 Å². The number of carboxylic acid groups (broad SMARTS) is 1. The predicted molar refractivity (Wildman–Crippen MR) is 56.0 cm³/mol. The normalized spacial score (nSPS) is 9.33. The summed E-state index contributed by atoms with van der Waals surface area (Å²) in [6.07, 6.45) is 6.75. The molecule has 0 aromatic rings. The smallest absolute Gasteiger partial charge is 0.323 e. The van der Waals surface area contributed by atoms with Crippen molar-refractivity contribution in [3.8, 4) is 12.3 Å². The van der Waals surface area contributed by atoms with Gasteiger partial charge in [-0.2, -0.15) is 0 Å². The zero-order valence-electron chi connectivity index (χ0n) is 8.61. The van der Waals surface area contributed by atoms with Gasteiger partial charge in [0.25, 0.3) is 0 Å². The number of rotatable bonds is 7. The molecule has 0 aromatic heterocycles. The van der Waals surface area contributed by atoms with Crippen LogP contribution in [0.25, 0.3) is 0 Å². The molecule has 0 aromatic carbocycles. The van der Waals surface area contributed by atoms with Gasteiger partial charge in [0.15, 0.2) is 0 Å². The molecule has 0 radical (unpaired) electrons. The topological polar surface area (TPSA) is 83.6 Å². The molecule has 3 N–H and O–H groups in total. The minimum Gasteiger partial charge on any atom is -0.480 e. The number of hydrogen-bond acceptors (Lipinski definition) is 3. The van der Waals surface area contributed by atoms with Crippen LogP contribution in [0.4, 0.5) is 0 Å². The summed E-state index contributed by atoms with van der Waals surface area (Å²) < 4.78 is 0. The summed E-state index contributed by atoms with van der Waals surface area (Å²) >= 11 is 0. The molecule has 0 bridgehead atoms. The number of amides is 1. The van der Waals surface area contributed by atoms with Crippen molar-refractivity contribution in [2.24, 2.45) is 5.73 Å². The number of aliphatic carboxylic acids is 1. The number of carboxylic acids is 1. The summed E-state index contributed by atoms with van der Waals surface area (Å²) in [5.74, 6) is 0.971. The maximum absolute atomic E-state index is 11.5. The molecule has 5 nitrogen and oxygen atoms in total. The largest absolute Gasteiger partial charge is 0.480 e. The van der Waals surface area contributed by atoms with Gasteiger partial charge in [0, 0.05) is 6.42 Å². The van der Waals surface area contributed by atoms with Crippen molar-refractivity contribution in [2.75, 3.05) is 19.6 Å². The lowest BCUT2D eigenvalue weighted by Crippen LogP contribution is -2.35. The van der Waals surface area contributed by atoms with Crippen LogP contribution in [-0.4, -0.2) is 41.5 Å². The third kappa shape index (κ3) is 6.52. The van der Waals surface area contributed by atoms with E-state index in [4.69, 9.17) is 17.3 Å². The van der Waals surface area contributed by atoms with Crippen molar-refractivity contribution in [3.05, 3.63) is 0 Å². The highest BCUT2D eigenvalue weighted by atomic mass is 16.4. The van der Waals surface area contributed by atoms with Crippen molar-refractivity contribution in [2.45, 2.75) is 19.3 Å². The van der Waals surface area contributed by atoms with Crippen LogP contribution in [0, 0.1) is 12.3 Å². The fourth-order valence-corrected chi connectivity index (χ4v) is 1.08. The average Bonchev–Trinajstić information content (AvgIpc) is 2.17. The summed E-state index contributed by atoms with van der Waals surface area (Å²) in [5.41, 5.74) is 5.28. The van der Waals surface area contributed by atoms with Crippen LogP contribution in [0.5, 0.6) is 0 Å². The lowest BCUT2D eigenvalue weighted by atomic mass is 10.2.